The highest BCUT2D eigenvalue weighted by Crippen LogP contribution is 2.22. The van der Waals surface area contributed by atoms with Crippen LogP contribution in [0.5, 0.6) is 0 Å². The van der Waals surface area contributed by atoms with E-state index < -0.39 is 5.63 Å². The smallest absolute Gasteiger partial charge is 0.349 e. The second-order valence-electron chi connectivity index (χ2n) is 5.13. The van der Waals surface area contributed by atoms with E-state index >= 15 is 0 Å². The molecule has 0 amide bonds. The number of nitrogens with zero attached hydrogens (tertiary/aromatic N) is 3. The van der Waals surface area contributed by atoms with Crippen LogP contribution in [-0.2, 0) is 0 Å². The van der Waals surface area contributed by atoms with Crippen molar-refractivity contribution in [2.24, 2.45) is 0 Å². The van der Waals surface area contributed by atoms with Crippen LogP contribution >= 0.6 is 0 Å². The van der Waals surface area contributed by atoms with E-state index in [1.165, 1.54) is 0 Å². The minimum Gasteiger partial charge on any atom is -0.422 e. The largest absolute Gasteiger partial charge is 0.422 e. The number of hydrogen-bond donors (Lipinski definition) is 0. The highest BCUT2D eigenvalue weighted by atomic mass is 16.5. The van der Waals surface area contributed by atoms with Crippen LogP contribution in [0.3, 0.4) is 0 Å². The molecule has 6 heteroatoms. The van der Waals surface area contributed by atoms with E-state index in [4.69, 9.17) is 8.94 Å². The van der Waals surface area contributed by atoms with Gasteiger partial charge in [-0.05, 0) is 37.3 Å². The van der Waals surface area contributed by atoms with Crippen molar-refractivity contribution in [2.45, 2.75) is 6.92 Å². The summed E-state index contributed by atoms with van der Waals surface area (Å²) in [5.41, 5.74) is 1.88. The standard InChI is InChI=1S/C17H11N3O3/c1-10-5-6-14-11(8-10)9-12(17(21)22-14)16-19-15(20-23-16)13-4-2-3-7-18-13/h2-9H,1H3. The van der Waals surface area contributed by atoms with Gasteiger partial charge in [0.15, 0.2) is 0 Å². The van der Waals surface area contributed by atoms with Crippen molar-refractivity contribution in [2.75, 3.05) is 0 Å². The first-order chi connectivity index (χ1) is 11.2. The second-order valence-corrected chi connectivity index (χ2v) is 5.13. The fourth-order valence-electron chi connectivity index (χ4n) is 2.32. The summed E-state index contributed by atoms with van der Waals surface area (Å²) in [5, 5.41) is 4.68. The molecule has 4 rings (SSSR count). The van der Waals surface area contributed by atoms with Crippen molar-refractivity contribution in [3.05, 3.63) is 64.6 Å². The molecule has 6 nitrogen and oxygen atoms in total. The Morgan fingerprint density at radius 3 is 2.83 bits per heavy atom. The normalized spacial score (nSPS) is 11.0. The Hall–Kier alpha value is -3.28. The lowest BCUT2D eigenvalue weighted by atomic mass is 10.1. The van der Waals surface area contributed by atoms with Gasteiger partial charge < -0.3 is 8.94 Å². The fraction of sp³-hybridized carbons (Fsp3) is 0.0588. The van der Waals surface area contributed by atoms with Crippen LogP contribution in [0.2, 0.25) is 0 Å². The van der Waals surface area contributed by atoms with Gasteiger partial charge in [0.1, 0.15) is 16.8 Å². The zero-order chi connectivity index (χ0) is 15.8. The Labute approximate surface area is 130 Å². The molecule has 0 unspecified atom stereocenters. The third kappa shape index (κ3) is 2.40. The average molecular weight is 305 g/mol. The van der Waals surface area contributed by atoms with E-state index in [1.807, 2.05) is 25.1 Å². The van der Waals surface area contributed by atoms with Crippen LogP contribution in [0.1, 0.15) is 5.56 Å². The molecule has 3 heterocycles. The van der Waals surface area contributed by atoms with Crippen molar-refractivity contribution in [1.29, 1.82) is 0 Å². The molecule has 0 fully saturated rings. The Kier molecular flexibility index (Phi) is 3.01. The molecule has 0 atom stereocenters. The Morgan fingerprint density at radius 1 is 1.09 bits per heavy atom. The molecule has 0 radical (unpaired) electrons. The summed E-state index contributed by atoms with van der Waals surface area (Å²) in [5.74, 6) is 0.437. The molecule has 0 spiro atoms. The van der Waals surface area contributed by atoms with Crippen LogP contribution in [0.4, 0.5) is 0 Å². The molecule has 0 aliphatic rings. The van der Waals surface area contributed by atoms with Gasteiger partial charge in [-0.2, -0.15) is 4.98 Å². The maximum atomic E-state index is 12.2. The van der Waals surface area contributed by atoms with Gasteiger partial charge in [0.2, 0.25) is 5.82 Å². The molecule has 3 aromatic heterocycles. The van der Waals surface area contributed by atoms with E-state index in [0.717, 1.165) is 10.9 Å². The van der Waals surface area contributed by atoms with E-state index in [1.54, 1.807) is 30.5 Å². The summed E-state index contributed by atoms with van der Waals surface area (Å²) in [7, 11) is 0. The summed E-state index contributed by atoms with van der Waals surface area (Å²) in [4.78, 5) is 20.5. The van der Waals surface area contributed by atoms with Crippen LogP contribution in [0.15, 0.2) is 62.4 Å². The molecule has 0 aliphatic heterocycles. The lowest BCUT2D eigenvalue weighted by Gasteiger charge is -1.99. The summed E-state index contributed by atoms with van der Waals surface area (Å²) < 4.78 is 10.5. The third-order valence-corrected chi connectivity index (χ3v) is 3.44. The van der Waals surface area contributed by atoms with Crippen molar-refractivity contribution in [1.82, 2.24) is 15.1 Å². The molecule has 23 heavy (non-hydrogen) atoms. The summed E-state index contributed by atoms with van der Waals surface area (Å²) in [6.45, 7) is 1.97. The molecule has 0 saturated carbocycles. The van der Waals surface area contributed by atoms with Crippen molar-refractivity contribution >= 4 is 11.0 Å². The quantitative estimate of drug-likeness (QED) is 0.529. The van der Waals surface area contributed by atoms with Gasteiger partial charge in [0.25, 0.3) is 5.89 Å². The molecule has 112 valence electrons. The molecular formula is C17H11N3O3. The number of aromatic nitrogens is 3. The highest BCUT2D eigenvalue weighted by molar-refractivity contribution is 5.81. The van der Waals surface area contributed by atoms with Gasteiger partial charge in [-0.25, -0.2) is 4.79 Å². The molecular weight excluding hydrogens is 294 g/mol. The topological polar surface area (TPSA) is 82.0 Å². The average Bonchev–Trinajstić information content (AvgIpc) is 3.05. The van der Waals surface area contributed by atoms with Crippen molar-refractivity contribution < 1.29 is 8.94 Å². The minimum atomic E-state index is -0.516. The summed E-state index contributed by atoms with van der Waals surface area (Å²) >= 11 is 0. The fourth-order valence-corrected chi connectivity index (χ4v) is 2.32. The van der Waals surface area contributed by atoms with Gasteiger partial charge in [-0.3, -0.25) is 4.98 Å². The summed E-state index contributed by atoms with van der Waals surface area (Å²) in [6.07, 6.45) is 1.64. The number of hydrogen-bond acceptors (Lipinski definition) is 6. The zero-order valence-corrected chi connectivity index (χ0v) is 12.2. The minimum absolute atomic E-state index is 0.114. The molecule has 0 aliphatic carbocycles. The maximum Gasteiger partial charge on any atom is 0.349 e. The van der Waals surface area contributed by atoms with Gasteiger partial charge in [-0.15, -0.1) is 0 Å². The first-order valence-corrected chi connectivity index (χ1v) is 7.01. The first kappa shape index (κ1) is 13.4. The number of fused-ring (bicyclic) bond motifs is 1. The second kappa shape index (κ2) is 5.17. The molecule has 0 bridgehead atoms. The van der Waals surface area contributed by atoms with Crippen molar-refractivity contribution in [3.8, 4) is 23.0 Å². The van der Waals surface area contributed by atoms with Gasteiger partial charge >= 0.3 is 5.63 Å². The molecule has 0 saturated heterocycles. The SMILES string of the molecule is Cc1ccc2oc(=O)c(-c3nc(-c4ccccn4)no3)cc2c1. The van der Waals surface area contributed by atoms with Gasteiger partial charge in [0.05, 0.1) is 0 Å². The predicted octanol–water partition coefficient (Wildman–Crippen LogP) is 3.21. The highest BCUT2D eigenvalue weighted by Gasteiger charge is 2.16. The third-order valence-electron chi connectivity index (χ3n) is 3.44. The number of rotatable bonds is 2. The van der Waals surface area contributed by atoms with Crippen LogP contribution in [0, 0.1) is 6.92 Å². The Morgan fingerprint density at radius 2 is 2.00 bits per heavy atom. The van der Waals surface area contributed by atoms with E-state index in [2.05, 4.69) is 15.1 Å². The zero-order valence-electron chi connectivity index (χ0n) is 12.2. The molecule has 0 N–H and O–H groups in total. The number of pyridine rings is 1. The number of aryl methyl sites for hydroxylation is 1. The first-order valence-electron chi connectivity index (χ1n) is 7.01. The Bertz CT molecular complexity index is 1050. The van der Waals surface area contributed by atoms with Crippen LogP contribution < -0.4 is 5.63 Å². The predicted molar refractivity (Wildman–Crippen MR) is 83.7 cm³/mol. The van der Waals surface area contributed by atoms with E-state index in [9.17, 15) is 4.79 Å². The number of benzene rings is 1. The Balaban J connectivity index is 1.85. The maximum absolute atomic E-state index is 12.2. The van der Waals surface area contributed by atoms with Crippen LogP contribution in [-0.4, -0.2) is 15.1 Å². The molecule has 4 aromatic rings. The van der Waals surface area contributed by atoms with E-state index in [-0.39, 0.29) is 11.5 Å². The lowest BCUT2D eigenvalue weighted by Crippen LogP contribution is -2.02. The van der Waals surface area contributed by atoms with Crippen molar-refractivity contribution in [3.63, 3.8) is 0 Å². The lowest BCUT2D eigenvalue weighted by molar-refractivity contribution is 0.429. The summed E-state index contributed by atoms with van der Waals surface area (Å²) in [6, 6.07) is 12.7. The van der Waals surface area contributed by atoms with Gasteiger partial charge in [0, 0.05) is 11.6 Å². The van der Waals surface area contributed by atoms with Gasteiger partial charge in [-0.1, -0.05) is 22.9 Å². The van der Waals surface area contributed by atoms with Crippen LogP contribution in [0.25, 0.3) is 33.9 Å². The monoisotopic (exact) mass is 305 g/mol. The van der Waals surface area contributed by atoms with E-state index in [0.29, 0.717) is 17.1 Å². The molecule has 1 aromatic carbocycles.